The Morgan fingerprint density at radius 2 is 1.80 bits per heavy atom. The summed E-state index contributed by atoms with van der Waals surface area (Å²) in [6.07, 6.45) is -0.233. The van der Waals surface area contributed by atoms with Gasteiger partial charge in [-0.05, 0) is 44.9 Å². The molecule has 3 N–H and O–H groups in total. The highest BCUT2D eigenvalue weighted by molar-refractivity contribution is 7.89. The van der Waals surface area contributed by atoms with E-state index in [4.69, 9.17) is 5.11 Å². The molecule has 0 heterocycles. The Kier molecular flexibility index (Phi) is 6.73. The average molecular weight is 370 g/mol. The molecule has 8 heteroatoms. The van der Waals surface area contributed by atoms with Crippen LogP contribution in [-0.2, 0) is 14.8 Å². The topological polar surface area (TPSA) is 113 Å². The first kappa shape index (κ1) is 21.1. The number of carboxylic acids is 1. The number of hydrogen-bond donors (Lipinski definition) is 3. The summed E-state index contributed by atoms with van der Waals surface area (Å²) in [5.74, 6) is -1.66. The fourth-order valence-electron chi connectivity index (χ4n) is 2.22. The third-order valence-corrected chi connectivity index (χ3v) is 5.65. The van der Waals surface area contributed by atoms with Crippen LogP contribution in [0.15, 0.2) is 29.2 Å². The maximum absolute atomic E-state index is 12.5. The normalized spacial score (nSPS) is 14.4. The van der Waals surface area contributed by atoms with Crippen molar-refractivity contribution in [1.29, 1.82) is 0 Å². The van der Waals surface area contributed by atoms with Gasteiger partial charge in [0.1, 0.15) is 0 Å². The number of nitrogens with one attached hydrogen (secondary N) is 2. The van der Waals surface area contributed by atoms with E-state index in [1.807, 2.05) is 13.8 Å². The Morgan fingerprint density at radius 1 is 1.20 bits per heavy atom. The summed E-state index contributed by atoms with van der Waals surface area (Å²) in [7, 11) is -3.72. The van der Waals surface area contributed by atoms with E-state index in [9.17, 15) is 18.0 Å². The Bertz CT molecular complexity index is 743. The molecule has 7 nitrogen and oxygen atoms in total. The maximum atomic E-state index is 12.5. The van der Waals surface area contributed by atoms with E-state index in [0.29, 0.717) is 0 Å². The van der Waals surface area contributed by atoms with Gasteiger partial charge in [0.15, 0.2) is 0 Å². The molecule has 1 aromatic rings. The predicted octanol–water partition coefficient (Wildman–Crippen LogP) is 1.99. The van der Waals surface area contributed by atoms with Crippen LogP contribution < -0.4 is 10.0 Å². The summed E-state index contributed by atoms with van der Waals surface area (Å²) < 4.78 is 26.9. The monoisotopic (exact) mass is 370 g/mol. The third-order valence-electron chi connectivity index (χ3n) is 3.99. The van der Waals surface area contributed by atoms with E-state index in [1.165, 1.54) is 24.3 Å². The Morgan fingerprint density at radius 3 is 2.28 bits per heavy atom. The lowest BCUT2D eigenvalue weighted by molar-refractivity contribution is -0.138. The van der Waals surface area contributed by atoms with Gasteiger partial charge in [-0.2, -0.15) is 0 Å². The minimum atomic E-state index is -3.72. The van der Waals surface area contributed by atoms with Crippen molar-refractivity contribution < 1.29 is 23.1 Å². The van der Waals surface area contributed by atoms with Crippen LogP contribution in [0.5, 0.6) is 0 Å². The summed E-state index contributed by atoms with van der Waals surface area (Å²) >= 11 is 0. The van der Waals surface area contributed by atoms with Crippen molar-refractivity contribution in [2.75, 3.05) is 0 Å². The molecule has 1 rings (SSSR count). The summed E-state index contributed by atoms with van der Waals surface area (Å²) in [6, 6.07) is 5.38. The third kappa shape index (κ3) is 5.82. The van der Waals surface area contributed by atoms with Crippen molar-refractivity contribution in [3.63, 3.8) is 0 Å². The molecule has 0 aliphatic heterocycles. The number of carbonyl (C=O) groups excluding carboxylic acids is 1. The molecule has 1 atom stereocenters. The number of hydrogen-bond acceptors (Lipinski definition) is 4. The summed E-state index contributed by atoms with van der Waals surface area (Å²) in [6.45, 7) is 8.69. The zero-order chi connectivity index (χ0) is 19.4. The molecule has 1 unspecified atom stereocenters. The van der Waals surface area contributed by atoms with Crippen molar-refractivity contribution in [3.8, 4) is 0 Å². The molecule has 0 spiro atoms. The number of benzene rings is 1. The van der Waals surface area contributed by atoms with Gasteiger partial charge in [0.2, 0.25) is 10.0 Å². The van der Waals surface area contributed by atoms with Crippen molar-refractivity contribution in [3.05, 3.63) is 29.8 Å². The Labute approximate surface area is 148 Å². The van der Waals surface area contributed by atoms with Crippen LogP contribution in [0.25, 0.3) is 0 Å². The van der Waals surface area contributed by atoms with E-state index in [2.05, 4.69) is 10.0 Å². The first-order valence-corrected chi connectivity index (χ1v) is 9.52. The first-order chi connectivity index (χ1) is 11.4. The van der Waals surface area contributed by atoms with Gasteiger partial charge in [-0.3, -0.25) is 9.59 Å². The van der Waals surface area contributed by atoms with Crippen LogP contribution in [0.1, 0.15) is 51.4 Å². The predicted molar refractivity (Wildman–Crippen MR) is 94.9 cm³/mol. The fourth-order valence-corrected chi connectivity index (χ4v) is 3.52. The number of aliphatic carboxylic acids is 1. The standard InChI is InChI=1S/C17H26N2O5S/c1-11(2)17(5,10-15(20)21)18-16(22)13-7-6-8-14(9-13)25(23,24)19-12(3)4/h6-9,11-12,19H,10H2,1-5H3,(H,18,22)(H,20,21). The molecular formula is C17H26N2O5S. The van der Waals surface area contributed by atoms with Crippen molar-refractivity contribution >= 4 is 21.9 Å². The number of amides is 1. The molecule has 0 aliphatic rings. The molecule has 0 aliphatic carbocycles. The van der Waals surface area contributed by atoms with E-state index < -0.39 is 27.4 Å². The molecule has 1 amide bonds. The second-order valence-electron chi connectivity index (χ2n) is 6.90. The second kappa shape index (κ2) is 7.97. The van der Waals surface area contributed by atoms with Crippen LogP contribution in [0.4, 0.5) is 0 Å². The van der Waals surface area contributed by atoms with Crippen LogP contribution in [0.2, 0.25) is 0 Å². The van der Waals surface area contributed by atoms with Gasteiger partial charge in [0.05, 0.1) is 16.9 Å². The molecule has 0 saturated carbocycles. The minimum absolute atomic E-state index is 0.0154. The van der Waals surface area contributed by atoms with E-state index in [-0.39, 0.29) is 28.8 Å². The van der Waals surface area contributed by atoms with Crippen LogP contribution >= 0.6 is 0 Å². The minimum Gasteiger partial charge on any atom is -0.481 e. The molecule has 25 heavy (non-hydrogen) atoms. The summed E-state index contributed by atoms with van der Waals surface area (Å²) in [4.78, 5) is 23.6. The van der Waals surface area contributed by atoms with Gasteiger partial charge in [-0.15, -0.1) is 0 Å². The molecule has 1 aromatic carbocycles. The highest BCUT2D eigenvalue weighted by Crippen LogP contribution is 2.22. The largest absolute Gasteiger partial charge is 0.481 e. The average Bonchev–Trinajstić information content (AvgIpc) is 2.45. The number of carbonyl (C=O) groups is 2. The Balaban J connectivity index is 3.11. The fraction of sp³-hybridized carbons (Fsp3) is 0.529. The zero-order valence-corrected chi connectivity index (χ0v) is 16.0. The highest BCUT2D eigenvalue weighted by Gasteiger charge is 2.33. The maximum Gasteiger partial charge on any atom is 0.305 e. The van der Waals surface area contributed by atoms with Gasteiger partial charge in [0, 0.05) is 11.6 Å². The lowest BCUT2D eigenvalue weighted by atomic mass is 9.85. The van der Waals surface area contributed by atoms with Crippen LogP contribution in [-0.4, -0.2) is 37.0 Å². The summed E-state index contributed by atoms with van der Waals surface area (Å²) in [5, 5.41) is 11.8. The molecular weight excluding hydrogens is 344 g/mol. The molecule has 0 bridgehead atoms. The van der Waals surface area contributed by atoms with E-state index in [1.54, 1.807) is 20.8 Å². The van der Waals surface area contributed by atoms with Crippen molar-refractivity contribution in [1.82, 2.24) is 10.0 Å². The van der Waals surface area contributed by atoms with Gasteiger partial charge >= 0.3 is 5.97 Å². The van der Waals surface area contributed by atoms with Crippen molar-refractivity contribution in [2.45, 2.75) is 57.5 Å². The first-order valence-electron chi connectivity index (χ1n) is 8.04. The van der Waals surface area contributed by atoms with Crippen LogP contribution in [0, 0.1) is 5.92 Å². The van der Waals surface area contributed by atoms with Gasteiger partial charge < -0.3 is 10.4 Å². The zero-order valence-electron chi connectivity index (χ0n) is 15.2. The lowest BCUT2D eigenvalue weighted by Crippen LogP contribution is -2.51. The Hall–Kier alpha value is -1.93. The number of carboxylic acid groups (broad SMARTS) is 1. The van der Waals surface area contributed by atoms with Gasteiger partial charge in [-0.25, -0.2) is 13.1 Å². The molecule has 140 valence electrons. The van der Waals surface area contributed by atoms with Crippen molar-refractivity contribution in [2.24, 2.45) is 5.92 Å². The van der Waals surface area contributed by atoms with E-state index >= 15 is 0 Å². The smallest absolute Gasteiger partial charge is 0.305 e. The number of sulfonamides is 1. The SMILES string of the molecule is CC(C)NS(=O)(=O)c1cccc(C(=O)NC(C)(CC(=O)O)C(C)C)c1. The quantitative estimate of drug-likeness (QED) is 0.648. The summed E-state index contributed by atoms with van der Waals surface area (Å²) in [5.41, 5.74) is -0.794. The second-order valence-corrected chi connectivity index (χ2v) is 8.61. The van der Waals surface area contributed by atoms with Gasteiger partial charge in [0.25, 0.3) is 5.91 Å². The lowest BCUT2D eigenvalue weighted by Gasteiger charge is -2.33. The molecule has 0 saturated heterocycles. The molecule has 0 radical (unpaired) electrons. The van der Waals surface area contributed by atoms with E-state index in [0.717, 1.165) is 0 Å². The molecule has 0 aromatic heterocycles. The van der Waals surface area contributed by atoms with Crippen LogP contribution in [0.3, 0.4) is 0 Å². The number of rotatable bonds is 8. The van der Waals surface area contributed by atoms with Gasteiger partial charge in [-0.1, -0.05) is 19.9 Å². The highest BCUT2D eigenvalue weighted by atomic mass is 32.2. The molecule has 0 fully saturated rings.